The van der Waals surface area contributed by atoms with Crippen LogP contribution in [0.2, 0.25) is 0 Å². The summed E-state index contributed by atoms with van der Waals surface area (Å²) in [6.07, 6.45) is 10.5. The molecule has 1 aliphatic carbocycles. The van der Waals surface area contributed by atoms with Crippen LogP contribution < -0.4 is 15.1 Å². The quantitative estimate of drug-likeness (QED) is 0.758. The number of hydrogen-bond donors (Lipinski definition) is 1. The summed E-state index contributed by atoms with van der Waals surface area (Å²) < 4.78 is 13.1. The van der Waals surface area contributed by atoms with E-state index in [1.807, 2.05) is 24.4 Å². The zero-order chi connectivity index (χ0) is 19.2. The largest absolute Gasteiger partial charge is 0.370 e. The first-order valence-electron chi connectivity index (χ1n) is 10.3. The molecule has 1 saturated heterocycles. The molecule has 0 spiro atoms. The van der Waals surface area contributed by atoms with Crippen molar-refractivity contribution in [3.63, 3.8) is 0 Å². The summed E-state index contributed by atoms with van der Waals surface area (Å²) in [7, 11) is 0. The van der Waals surface area contributed by atoms with Crippen LogP contribution in [0.15, 0.2) is 48.2 Å². The van der Waals surface area contributed by atoms with Crippen LogP contribution >= 0.6 is 0 Å². The predicted octanol–water partition coefficient (Wildman–Crippen LogP) is 4.24. The maximum atomic E-state index is 13.1. The number of nitrogens with zero attached hydrogens (tertiary/aromatic N) is 4. The van der Waals surface area contributed by atoms with Crippen LogP contribution in [0, 0.1) is 5.82 Å². The van der Waals surface area contributed by atoms with Crippen LogP contribution in [0.3, 0.4) is 0 Å². The summed E-state index contributed by atoms with van der Waals surface area (Å²) in [5.41, 5.74) is 2.64. The van der Waals surface area contributed by atoms with Gasteiger partial charge in [-0.2, -0.15) is 4.98 Å². The van der Waals surface area contributed by atoms with Gasteiger partial charge in [0.2, 0.25) is 5.95 Å². The number of anilines is 3. The lowest BCUT2D eigenvalue weighted by atomic mass is 9.97. The van der Waals surface area contributed by atoms with Crippen molar-refractivity contribution in [1.29, 1.82) is 0 Å². The van der Waals surface area contributed by atoms with Gasteiger partial charge in [0, 0.05) is 44.6 Å². The Morgan fingerprint density at radius 2 is 1.75 bits per heavy atom. The lowest BCUT2D eigenvalue weighted by Crippen LogP contribution is -2.47. The molecule has 0 atom stereocenters. The van der Waals surface area contributed by atoms with E-state index in [9.17, 15) is 4.39 Å². The number of allylic oxidation sites excluding steroid dienone is 1. The van der Waals surface area contributed by atoms with E-state index >= 15 is 0 Å². The lowest BCUT2D eigenvalue weighted by molar-refractivity contribution is 0.623. The van der Waals surface area contributed by atoms with E-state index in [4.69, 9.17) is 4.98 Å². The molecule has 2 aromatic rings. The first kappa shape index (κ1) is 18.7. The third kappa shape index (κ3) is 4.80. The van der Waals surface area contributed by atoms with Crippen molar-refractivity contribution >= 4 is 17.5 Å². The second kappa shape index (κ2) is 9.04. The smallest absolute Gasteiger partial charge is 0.227 e. The Kier molecular flexibility index (Phi) is 6.04. The molecule has 0 saturated carbocycles. The van der Waals surface area contributed by atoms with Gasteiger partial charge in [-0.05, 0) is 62.4 Å². The Balaban J connectivity index is 1.29. The maximum absolute atomic E-state index is 13.1. The summed E-state index contributed by atoms with van der Waals surface area (Å²) >= 11 is 0. The molecule has 1 fully saturated rings. The summed E-state index contributed by atoms with van der Waals surface area (Å²) in [5.74, 6) is 1.47. The Labute approximate surface area is 166 Å². The fraction of sp³-hybridized carbons (Fsp3) is 0.455. The zero-order valence-electron chi connectivity index (χ0n) is 16.3. The van der Waals surface area contributed by atoms with Crippen LogP contribution in [0.5, 0.6) is 0 Å². The fourth-order valence-corrected chi connectivity index (χ4v) is 3.90. The molecule has 28 heavy (non-hydrogen) atoms. The number of benzene rings is 1. The molecular formula is C22H28FN5. The van der Waals surface area contributed by atoms with E-state index in [-0.39, 0.29) is 5.82 Å². The topological polar surface area (TPSA) is 44.3 Å². The van der Waals surface area contributed by atoms with E-state index in [1.165, 1.54) is 37.8 Å². The molecule has 0 radical (unpaired) electrons. The number of aromatic nitrogens is 2. The van der Waals surface area contributed by atoms with Crippen molar-refractivity contribution in [3.05, 3.63) is 54.0 Å². The highest BCUT2D eigenvalue weighted by Crippen LogP contribution is 2.21. The van der Waals surface area contributed by atoms with E-state index in [0.29, 0.717) is 0 Å². The average Bonchev–Trinajstić information content (AvgIpc) is 2.75. The Hall–Kier alpha value is -2.63. The molecule has 1 N–H and O–H groups in total. The minimum absolute atomic E-state index is 0.195. The van der Waals surface area contributed by atoms with Crippen molar-refractivity contribution in [1.82, 2.24) is 9.97 Å². The summed E-state index contributed by atoms with van der Waals surface area (Å²) in [6, 6.07) is 8.65. The monoisotopic (exact) mass is 381 g/mol. The predicted molar refractivity (Wildman–Crippen MR) is 113 cm³/mol. The molecule has 6 heteroatoms. The zero-order valence-corrected chi connectivity index (χ0v) is 16.3. The molecule has 4 rings (SSSR count). The molecule has 2 heterocycles. The van der Waals surface area contributed by atoms with E-state index < -0.39 is 0 Å². The number of piperazine rings is 1. The highest BCUT2D eigenvalue weighted by molar-refractivity contribution is 5.49. The Bertz CT molecular complexity index is 797. The van der Waals surface area contributed by atoms with Gasteiger partial charge in [0.15, 0.2) is 0 Å². The van der Waals surface area contributed by atoms with Gasteiger partial charge in [-0.25, -0.2) is 9.37 Å². The molecule has 1 aromatic carbocycles. The summed E-state index contributed by atoms with van der Waals surface area (Å²) in [5, 5.41) is 3.45. The maximum Gasteiger partial charge on any atom is 0.227 e. The fourth-order valence-electron chi connectivity index (χ4n) is 3.90. The first-order valence-corrected chi connectivity index (χ1v) is 10.3. The minimum atomic E-state index is -0.195. The van der Waals surface area contributed by atoms with Crippen LogP contribution in [-0.2, 0) is 0 Å². The number of nitrogens with one attached hydrogen (secondary N) is 1. The molecule has 0 bridgehead atoms. The Morgan fingerprint density at radius 1 is 0.964 bits per heavy atom. The number of halogens is 1. The molecular weight excluding hydrogens is 353 g/mol. The van der Waals surface area contributed by atoms with Crippen molar-refractivity contribution in [2.75, 3.05) is 47.8 Å². The van der Waals surface area contributed by atoms with Crippen LogP contribution in [-0.4, -0.2) is 42.7 Å². The Morgan fingerprint density at radius 3 is 2.50 bits per heavy atom. The summed E-state index contributed by atoms with van der Waals surface area (Å²) in [4.78, 5) is 13.7. The van der Waals surface area contributed by atoms with E-state index in [1.54, 1.807) is 5.57 Å². The highest BCUT2D eigenvalue weighted by Gasteiger charge is 2.19. The molecule has 2 aliphatic rings. The second-order valence-electron chi connectivity index (χ2n) is 7.48. The molecule has 1 aliphatic heterocycles. The van der Waals surface area contributed by atoms with Gasteiger partial charge >= 0.3 is 0 Å². The van der Waals surface area contributed by atoms with Crippen molar-refractivity contribution < 1.29 is 4.39 Å². The van der Waals surface area contributed by atoms with Crippen LogP contribution in [0.1, 0.15) is 32.1 Å². The second-order valence-corrected chi connectivity index (χ2v) is 7.48. The van der Waals surface area contributed by atoms with Crippen molar-refractivity contribution in [3.8, 4) is 0 Å². The van der Waals surface area contributed by atoms with E-state index in [2.05, 4.69) is 26.2 Å². The van der Waals surface area contributed by atoms with Gasteiger partial charge in [-0.15, -0.1) is 0 Å². The van der Waals surface area contributed by atoms with Gasteiger partial charge in [0.1, 0.15) is 11.6 Å². The molecule has 148 valence electrons. The lowest BCUT2D eigenvalue weighted by Gasteiger charge is -2.36. The molecule has 0 unspecified atom stereocenters. The van der Waals surface area contributed by atoms with Crippen molar-refractivity contribution in [2.24, 2.45) is 0 Å². The molecule has 0 amide bonds. The normalized spacial score (nSPS) is 17.4. The van der Waals surface area contributed by atoms with E-state index in [0.717, 1.165) is 56.6 Å². The standard InChI is InChI=1S/C22H28FN5/c23-19-6-8-20(9-7-19)27-14-16-28(17-15-27)22-25-13-11-21(26-22)24-12-10-18-4-2-1-3-5-18/h4,6-9,11,13H,1-3,5,10,12,14-17H2,(H,24,25,26). The SMILES string of the molecule is Fc1ccc(N2CCN(c3nccc(NCCC4=CCCCC4)n3)CC2)cc1. The van der Waals surface area contributed by atoms with Crippen LogP contribution in [0.25, 0.3) is 0 Å². The van der Waals surface area contributed by atoms with Crippen LogP contribution in [0.4, 0.5) is 21.8 Å². The van der Waals surface area contributed by atoms with Gasteiger partial charge < -0.3 is 15.1 Å². The highest BCUT2D eigenvalue weighted by atomic mass is 19.1. The summed E-state index contributed by atoms with van der Waals surface area (Å²) in [6.45, 7) is 4.38. The van der Waals surface area contributed by atoms with Gasteiger partial charge in [0.25, 0.3) is 0 Å². The molecule has 5 nitrogen and oxygen atoms in total. The third-order valence-electron chi connectivity index (χ3n) is 5.53. The van der Waals surface area contributed by atoms with Crippen molar-refractivity contribution in [2.45, 2.75) is 32.1 Å². The van der Waals surface area contributed by atoms with Gasteiger partial charge in [0.05, 0.1) is 0 Å². The average molecular weight is 381 g/mol. The van der Waals surface area contributed by atoms with Gasteiger partial charge in [-0.1, -0.05) is 11.6 Å². The third-order valence-corrected chi connectivity index (χ3v) is 5.53. The number of rotatable bonds is 6. The number of hydrogen-bond acceptors (Lipinski definition) is 5. The van der Waals surface area contributed by atoms with Gasteiger partial charge in [-0.3, -0.25) is 0 Å². The molecule has 1 aromatic heterocycles. The minimum Gasteiger partial charge on any atom is -0.370 e. The first-order chi connectivity index (χ1) is 13.8.